The van der Waals surface area contributed by atoms with Crippen LogP contribution in [0.2, 0.25) is 10.0 Å². The fourth-order valence-electron chi connectivity index (χ4n) is 5.63. The molecule has 2 saturated heterocycles. The first-order valence-electron chi connectivity index (χ1n) is 12.8. The molecule has 10 heteroatoms. The van der Waals surface area contributed by atoms with Crippen molar-refractivity contribution < 1.29 is 13.9 Å². The van der Waals surface area contributed by atoms with E-state index in [0.717, 1.165) is 50.1 Å². The molecule has 3 heterocycles. The van der Waals surface area contributed by atoms with Crippen LogP contribution >= 0.6 is 23.2 Å². The molecule has 7 nitrogen and oxygen atoms in total. The van der Waals surface area contributed by atoms with Crippen molar-refractivity contribution >= 4 is 35.4 Å². The van der Waals surface area contributed by atoms with Crippen LogP contribution in [-0.4, -0.2) is 58.4 Å². The average molecular weight is 558 g/mol. The molecule has 0 saturated carbocycles. The minimum absolute atomic E-state index is 0.0847. The Balaban J connectivity index is 1.46. The fourth-order valence-corrected chi connectivity index (χ4v) is 6.30. The van der Waals surface area contributed by atoms with Gasteiger partial charge in [0, 0.05) is 35.2 Å². The molecule has 3 atom stereocenters. The molecule has 2 aliphatic rings. The lowest BCUT2D eigenvalue weighted by atomic mass is 9.87. The van der Waals surface area contributed by atoms with Crippen LogP contribution in [0.25, 0.3) is 11.3 Å². The van der Waals surface area contributed by atoms with E-state index < -0.39 is 11.9 Å². The van der Waals surface area contributed by atoms with Crippen LogP contribution in [-0.2, 0) is 4.79 Å². The summed E-state index contributed by atoms with van der Waals surface area (Å²) >= 11 is 12.5. The summed E-state index contributed by atoms with van der Waals surface area (Å²) in [5.41, 5.74) is 9.04. The van der Waals surface area contributed by atoms with Crippen LogP contribution in [0.3, 0.4) is 0 Å². The number of carbonyl (C=O) groups is 1. The molecule has 1 amide bonds. The molecule has 0 spiro atoms. The minimum atomic E-state index is -0.728. The molecule has 5 rings (SSSR count). The summed E-state index contributed by atoms with van der Waals surface area (Å²) in [4.78, 5) is 25.3. The minimum Gasteiger partial charge on any atom is -0.467 e. The Bertz CT molecular complexity index is 1320. The first-order valence-corrected chi connectivity index (χ1v) is 13.6. The highest BCUT2D eigenvalue weighted by Gasteiger charge is 2.37. The molecular formula is C28H30Cl2FN5O2. The van der Waals surface area contributed by atoms with Crippen molar-refractivity contribution in [2.45, 2.75) is 44.2 Å². The fraction of sp³-hybridized carbons (Fsp3) is 0.393. The van der Waals surface area contributed by atoms with Crippen LogP contribution in [0.5, 0.6) is 5.88 Å². The maximum absolute atomic E-state index is 14.1. The third-order valence-corrected chi connectivity index (χ3v) is 8.26. The molecule has 2 unspecified atom stereocenters. The predicted molar refractivity (Wildman–Crippen MR) is 147 cm³/mol. The second kappa shape index (κ2) is 11.4. The van der Waals surface area contributed by atoms with Gasteiger partial charge in [0.25, 0.3) is 5.88 Å². The zero-order valence-corrected chi connectivity index (χ0v) is 22.6. The number of benzene rings is 2. The van der Waals surface area contributed by atoms with E-state index in [9.17, 15) is 9.18 Å². The van der Waals surface area contributed by atoms with Gasteiger partial charge in [0.2, 0.25) is 6.41 Å². The van der Waals surface area contributed by atoms with E-state index in [0.29, 0.717) is 11.3 Å². The summed E-state index contributed by atoms with van der Waals surface area (Å²) in [7, 11) is 0. The highest BCUT2D eigenvalue weighted by Crippen LogP contribution is 2.40. The van der Waals surface area contributed by atoms with Gasteiger partial charge in [0.1, 0.15) is 11.9 Å². The summed E-state index contributed by atoms with van der Waals surface area (Å²) < 4.78 is 20.1. The number of likely N-dealkylation sites (tertiary alicyclic amines) is 2. The van der Waals surface area contributed by atoms with Crippen molar-refractivity contribution in [3.63, 3.8) is 0 Å². The molecule has 38 heavy (non-hydrogen) atoms. The summed E-state index contributed by atoms with van der Waals surface area (Å²) in [5, 5.41) is 0.171. The third-order valence-electron chi connectivity index (χ3n) is 7.55. The number of ether oxygens (including phenoxy) is 1. The second-order valence-electron chi connectivity index (χ2n) is 9.86. The van der Waals surface area contributed by atoms with Gasteiger partial charge in [-0.2, -0.15) is 0 Å². The molecule has 3 aromatic rings. The van der Waals surface area contributed by atoms with Gasteiger partial charge in [0.15, 0.2) is 5.82 Å². The van der Waals surface area contributed by atoms with Gasteiger partial charge in [-0.05, 0) is 57.0 Å². The summed E-state index contributed by atoms with van der Waals surface area (Å²) in [5.74, 6) is -0.227. The molecule has 0 aliphatic carbocycles. The van der Waals surface area contributed by atoms with Crippen LogP contribution in [0.4, 0.5) is 10.2 Å². The van der Waals surface area contributed by atoms with Crippen LogP contribution < -0.4 is 10.5 Å². The number of nitrogens with two attached hydrogens (primary N) is 1. The number of hydrogen-bond donors (Lipinski definition) is 1. The molecular weight excluding hydrogens is 528 g/mol. The highest BCUT2D eigenvalue weighted by molar-refractivity contribution is 6.36. The van der Waals surface area contributed by atoms with Gasteiger partial charge in [-0.25, -0.2) is 14.4 Å². The lowest BCUT2D eigenvalue weighted by Crippen LogP contribution is -2.41. The molecule has 2 aliphatic heterocycles. The van der Waals surface area contributed by atoms with Crippen molar-refractivity contribution in [2.24, 2.45) is 0 Å². The molecule has 1 aromatic heterocycles. The van der Waals surface area contributed by atoms with Gasteiger partial charge >= 0.3 is 0 Å². The Hall–Kier alpha value is -2.94. The van der Waals surface area contributed by atoms with E-state index >= 15 is 0 Å². The summed E-state index contributed by atoms with van der Waals surface area (Å²) in [6.07, 6.45) is 5.13. The zero-order chi connectivity index (χ0) is 26.8. The Morgan fingerprint density at radius 1 is 1.18 bits per heavy atom. The van der Waals surface area contributed by atoms with E-state index in [1.807, 2.05) is 23.1 Å². The number of anilines is 1. The van der Waals surface area contributed by atoms with E-state index in [2.05, 4.69) is 16.0 Å². The van der Waals surface area contributed by atoms with Gasteiger partial charge in [0.05, 0.1) is 23.0 Å². The van der Waals surface area contributed by atoms with Crippen molar-refractivity contribution in [1.29, 1.82) is 0 Å². The molecule has 0 bridgehead atoms. The standard InChI is InChI=1S/C28H30Cl2FN5O2/c1-17(25-21(29)8-9-22(31)26(25)30)38-28-27(32)33-14-23(34-28)19-7-3-2-6-18(19)20-10-13-36(16-37)24(20)15-35-11-4-5-12-35/h2-3,6-9,14,16-17,20,24H,4-5,10-13,15H2,1H3,(H2,32,33)/t17?,20?,24-/m1/s1. The van der Waals surface area contributed by atoms with Crippen molar-refractivity contribution in [3.8, 4) is 17.1 Å². The predicted octanol–water partition coefficient (Wildman–Crippen LogP) is 5.72. The molecule has 2 fully saturated rings. The third kappa shape index (κ3) is 5.30. The number of nitrogens with zero attached hydrogens (tertiary/aromatic N) is 4. The quantitative estimate of drug-likeness (QED) is 0.281. The number of aromatic nitrogens is 2. The van der Waals surface area contributed by atoms with Gasteiger partial charge in [-0.15, -0.1) is 0 Å². The molecule has 200 valence electrons. The Kier molecular flexibility index (Phi) is 8.02. The number of hydrogen-bond acceptors (Lipinski definition) is 6. The second-order valence-corrected chi connectivity index (χ2v) is 10.6. The van der Waals surface area contributed by atoms with E-state index in [1.165, 1.54) is 25.0 Å². The van der Waals surface area contributed by atoms with Crippen LogP contribution in [0.1, 0.15) is 49.3 Å². The smallest absolute Gasteiger partial charge is 0.258 e. The zero-order valence-electron chi connectivity index (χ0n) is 21.1. The largest absolute Gasteiger partial charge is 0.467 e. The molecule has 2 N–H and O–H groups in total. The number of amides is 1. The van der Waals surface area contributed by atoms with E-state index in [-0.39, 0.29) is 33.7 Å². The molecule has 2 aromatic carbocycles. The lowest BCUT2D eigenvalue weighted by Gasteiger charge is -2.30. The summed E-state index contributed by atoms with van der Waals surface area (Å²) in [6.45, 7) is 5.41. The maximum Gasteiger partial charge on any atom is 0.258 e. The van der Waals surface area contributed by atoms with Crippen molar-refractivity contribution in [3.05, 3.63) is 69.6 Å². The first-order chi connectivity index (χ1) is 18.4. The SMILES string of the molecule is CC(Oc1nc(-c2ccccc2C2CCN(C=O)[C@@H]2CN2CCCC2)cnc1N)c1c(Cl)ccc(F)c1Cl. The normalized spacial score (nSPS) is 20.6. The Labute approximate surface area is 231 Å². The summed E-state index contributed by atoms with van der Waals surface area (Å²) in [6, 6.07) is 10.8. The Morgan fingerprint density at radius 3 is 2.71 bits per heavy atom. The van der Waals surface area contributed by atoms with Crippen molar-refractivity contribution in [2.75, 3.05) is 31.9 Å². The molecule has 0 radical (unpaired) electrons. The first kappa shape index (κ1) is 26.7. The lowest BCUT2D eigenvalue weighted by molar-refractivity contribution is -0.119. The maximum atomic E-state index is 14.1. The van der Waals surface area contributed by atoms with Crippen molar-refractivity contribution in [1.82, 2.24) is 19.8 Å². The number of halogens is 3. The highest BCUT2D eigenvalue weighted by atomic mass is 35.5. The van der Waals surface area contributed by atoms with Gasteiger partial charge in [-0.1, -0.05) is 47.5 Å². The van der Waals surface area contributed by atoms with Gasteiger partial charge < -0.3 is 20.3 Å². The average Bonchev–Trinajstić information content (AvgIpc) is 3.58. The van der Waals surface area contributed by atoms with Gasteiger partial charge in [-0.3, -0.25) is 4.79 Å². The number of nitrogen functional groups attached to an aromatic ring is 1. The monoisotopic (exact) mass is 557 g/mol. The number of rotatable bonds is 8. The van der Waals surface area contributed by atoms with E-state index in [1.54, 1.807) is 13.1 Å². The van der Waals surface area contributed by atoms with Crippen LogP contribution in [0, 0.1) is 5.82 Å². The Morgan fingerprint density at radius 2 is 1.95 bits per heavy atom. The van der Waals surface area contributed by atoms with Crippen LogP contribution in [0.15, 0.2) is 42.6 Å². The van der Waals surface area contributed by atoms with E-state index in [4.69, 9.17) is 38.7 Å². The topological polar surface area (TPSA) is 84.6 Å². The number of carbonyl (C=O) groups excluding carboxylic acids is 1.